The minimum Gasteiger partial charge on any atom is -0.496 e. The molecule has 0 aliphatic rings. The number of esters is 1. The third-order valence-corrected chi connectivity index (χ3v) is 4.06. The van der Waals surface area contributed by atoms with Crippen LogP contribution in [-0.2, 0) is 11.3 Å². The topological polar surface area (TPSA) is 102 Å². The maximum atomic E-state index is 12.5. The Morgan fingerprint density at radius 3 is 2.29 bits per heavy atom. The molecule has 0 unspecified atom stereocenters. The molecule has 3 rings (SSSR count). The summed E-state index contributed by atoms with van der Waals surface area (Å²) in [5, 5.41) is 3.80. The summed E-state index contributed by atoms with van der Waals surface area (Å²) >= 11 is 0. The number of alkyl halides is 2. The van der Waals surface area contributed by atoms with Gasteiger partial charge in [-0.25, -0.2) is 4.79 Å². The lowest BCUT2D eigenvalue weighted by Gasteiger charge is -2.11. The van der Waals surface area contributed by atoms with E-state index in [4.69, 9.17) is 23.5 Å². The van der Waals surface area contributed by atoms with Crippen LogP contribution in [0, 0.1) is 0 Å². The third-order valence-electron chi connectivity index (χ3n) is 4.06. The zero-order chi connectivity index (χ0) is 22.4. The van der Waals surface area contributed by atoms with Gasteiger partial charge >= 0.3 is 12.6 Å². The molecular weight excluding hydrogens is 418 g/mol. The van der Waals surface area contributed by atoms with Gasteiger partial charge in [-0.15, -0.1) is 0 Å². The zero-order valence-corrected chi connectivity index (χ0v) is 16.8. The summed E-state index contributed by atoms with van der Waals surface area (Å²) in [6, 6.07) is 9.03. The highest BCUT2D eigenvalue weighted by molar-refractivity contribution is 5.95. The quantitative estimate of drug-likeness (QED) is 0.464. The van der Waals surface area contributed by atoms with Gasteiger partial charge in [0.25, 0.3) is 5.89 Å². The van der Waals surface area contributed by atoms with E-state index in [2.05, 4.69) is 14.9 Å². The zero-order valence-electron chi connectivity index (χ0n) is 16.8. The van der Waals surface area contributed by atoms with Crippen molar-refractivity contribution in [1.82, 2.24) is 10.1 Å². The van der Waals surface area contributed by atoms with Crippen LogP contribution in [0.15, 0.2) is 40.9 Å². The molecule has 0 atom stereocenters. The molecule has 0 radical (unpaired) electrons. The fraction of sp³-hybridized carbons (Fsp3) is 0.250. The first kappa shape index (κ1) is 21.8. The molecule has 0 saturated carbocycles. The monoisotopic (exact) mass is 436 g/mol. The number of carbonyl (C=O) groups is 1. The van der Waals surface area contributed by atoms with Gasteiger partial charge < -0.3 is 28.2 Å². The second kappa shape index (κ2) is 9.74. The van der Waals surface area contributed by atoms with Crippen molar-refractivity contribution in [1.29, 1.82) is 0 Å². The van der Waals surface area contributed by atoms with E-state index in [1.54, 1.807) is 18.2 Å². The van der Waals surface area contributed by atoms with Gasteiger partial charge in [-0.3, -0.25) is 0 Å². The van der Waals surface area contributed by atoms with Crippen molar-refractivity contribution in [2.45, 2.75) is 13.2 Å². The molecule has 31 heavy (non-hydrogen) atoms. The van der Waals surface area contributed by atoms with E-state index in [0.29, 0.717) is 5.56 Å². The lowest BCUT2D eigenvalue weighted by molar-refractivity contribution is -0.0512. The van der Waals surface area contributed by atoms with Gasteiger partial charge in [0.05, 0.1) is 21.3 Å². The Morgan fingerprint density at radius 1 is 1.00 bits per heavy atom. The molecule has 2 aromatic carbocycles. The molecule has 0 amide bonds. The first-order valence-corrected chi connectivity index (χ1v) is 8.80. The van der Waals surface area contributed by atoms with Gasteiger partial charge in [0.2, 0.25) is 5.82 Å². The van der Waals surface area contributed by atoms with Crippen molar-refractivity contribution in [3.63, 3.8) is 0 Å². The van der Waals surface area contributed by atoms with Crippen molar-refractivity contribution in [3.05, 3.63) is 47.9 Å². The Hall–Kier alpha value is -3.89. The van der Waals surface area contributed by atoms with Gasteiger partial charge in [0, 0.05) is 5.56 Å². The molecule has 1 heterocycles. The third kappa shape index (κ3) is 5.00. The number of carbonyl (C=O) groups excluding carboxylic acids is 1. The summed E-state index contributed by atoms with van der Waals surface area (Å²) in [4.78, 5) is 16.6. The molecule has 11 heteroatoms. The number of ether oxygens (including phenoxy) is 5. The first-order chi connectivity index (χ1) is 15.0. The molecule has 0 aliphatic carbocycles. The summed E-state index contributed by atoms with van der Waals surface area (Å²) < 4.78 is 55.0. The number of methoxy groups -OCH3 is 3. The molecule has 3 aromatic rings. The number of hydrogen-bond acceptors (Lipinski definition) is 9. The molecule has 164 valence electrons. The molecule has 1 aromatic heterocycles. The Bertz CT molecular complexity index is 1030. The Balaban J connectivity index is 1.73. The molecule has 0 saturated heterocycles. The Kier molecular flexibility index (Phi) is 6.85. The van der Waals surface area contributed by atoms with Crippen molar-refractivity contribution in [3.8, 4) is 34.4 Å². The van der Waals surface area contributed by atoms with Crippen LogP contribution >= 0.6 is 0 Å². The molecule has 0 spiro atoms. The fourth-order valence-corrected chi connectivity index (χ4v) is 2.68. The molecule has 0 fully saturated rings. The minimum absolute atomic E-state index is 0.0177. The van der Waals surface area contributed by atoms with Crippen LogP contribution in [0.2, 0.25) is 0 Å². The lowest BCUT2D eigenvalue weighted by Crippen LogP contribution is -2.09. The Morgan fingerprint density at radius 2 is 1.68 bits per heavy atom. The van der Waals surface area contributed by atoms with Crippen molar-refractivity contribution < 1.29 is 41.8 Å². The summed E-state index contributed by atoms with van der Waals surface area (Å²) in [6.45, 7) is -3.30. The fourth-order valence-electron chi connectivity index (χ4n) is 2.68. The van der Waals surface area contributed by atoms with E-state index in [9.17, 15) is 13.6 Å². The van der Waals surface area contributed by atoms with Crippen LogP contribution in [0.5, 0.6) is 23.0 Å². The van der Waals surface area contributed by atoms with Gasteiger partial charge in [0.1, 0.15) is 17.1 Å². The SMILES string of the molecule is COc1cc(-c2noc(COC(=O)c3c(OC)cccc3OC)n2)ccc1OC(F)F. The summed E-state index contributed by atoms with van der Waals surface area (Å²) in [5.74, 6) is -0.0397. The number of benzene rings is 2. The maximum absolute atomic E-state index is 12.5. The van der Waals surface area contributed by atoms with E-state index >= 15 is 0 Å². The maximum Gasteiger partial charge on any atom is 0.387 e. The lowest BCUT2D eigenvalue weighted by atomic mass is 10.2. The van der Waals surface area contributed by atoms with E-state index in [1.807, 2.05) is 0 Å². The van der Waals surface area contributed by atoms with Gasteiger partial charge in [-0.1, -0.05) is 11.2 Å². The number of rotatable bonds is 9. The number of nitrogens with zero attached hydrogens (tertiary/aromatic N) is 2. The van der Waals surface area contributed by atoms with Gasteiger partial charge in [-0.05, 0) is 30.3 Å². The number of hydrogen-bond donors (Lipinski definition) is 0. The summed E-state index contributed by atoms with van der Waals surface area (Å²) in [6.07, 6.45) is 0. The van der Waals surface area contributed by atoms with E-state index in [0.717, 1.165) is 0 Å². The van der Waals surface area contributed by atoms with Crippen LogP contribution in [0.1, 0.15) is 16.2 Å². The van der Waals surface area contributed by atoms with Crippen molar-refractivity contribution in [2.24, 2.45) is 0 Å². The van der Waals surface area contributed by atoms with Gasteiger partial charge in [-0.2, -0.15) is 13.8 Å². The van der Waals surface area contributed by atoms with E-state index in [-0.39, 0.29) is 46.9 Å². The van der Waals surface area contributed by atoms with Crippen molar-refractivity contribution >= 4 is 5.97 Å². The molecule has 0 bridgehead atoms. The smallest absolute Gasteiger partial charge is 0.387 e. The molecular formula is C20H18F2N2O7. The summed E-state index contributed by atoms with van der Waals surface area (Å²) in [7, 11) is 4.15. The molecule has 0 N–H and O–H groups in total. The van der Waals surface area contributed by atoms with E-state index < -0.39 is 12.6 Å². The highest BCUT2D eigenvalue weighted by atomic mass is 19.3. The van der Waals surface area contributed by atoms with Gasteiger partial charge in [0.15, 0.2) is 18.1 Å². The normalized spacial score (nSPS) is 10.6. The second-order valence-corrected chi connectivity index (χ2v) is 5.87. The van der Waals surface area contributed by atoms with Crippen LogP contribution in [-0.4, -0.2) is 44.1 Å². The average molecular weight is 436 g/mol. The Labute approximate surface area is 175 Å². The van der Waals surface area contributed by atoms with Crippen LogP contribution in [0.25, 0.3) is 11.4 Å². The van der Waals surface area contributed by atoms with Crippen molar-refractivity contribution in [2.75, 3.05) is 21.3 Å². The second-order valence-electron chi connectivity index (χ2n) is 5.87. The standard InChI is InChI=1S/C20H18F2N2O7/c1-26-13-5-4-6-14(27-2)17(13)19(25)29-10-16-23-18(24-31-16)11-7-8-12(30-20(21)22)15(9-11)28-3/h4-9,20H,10H2,1-3H3. The minimum atomic E-state index is -2.99. The highest BCUT2D eigenvalue weighted by Gasteiger charge is 2.21. The highest BCUT2D eigenvalue weighted by Crippen LogP contribution is 2.33. The van der Waals surface area contributed by atoms with E-state index in [1.165, 1.54) is 39.5 Å². The molecule has 0 aliphatic heterocycles. The van der Waals surface area contributed by atoms with Crippen LogP contribution in [0.4, 0.5) is 8.78 Å². The largest absolute Gasteiger partial charge is 0.496 e. The van der Waals surface area contributed by atoms with Crippen LogP contribution in [0.3, 0.4) is 0 Å². The predicted molar refractivity (Wildman–Crippen MR) is 102 cm³/mol. The summed E-state index contributed by atoms with van der Waals surface area (Å²) in [5.41, 5.74) is 0.540. The molecule has 9 nitrogen and oxygen atoms in total. The number of aromatic nitrogens is 2. The number of halogens is 2. The van der Waals surface area contributed by atoms with Crippen LogP contribution < -0.4 is 18.9 Å². The predicted octanol–water partition coefficient (Wildman–Crippen LogP) is 3.72. The average Bonchev–Trinajstić information content (AvgIpc) is 3.25. The first-order valence-electron chi connectivity index (χ1n) is 8.80.